The minimum absolute atomic E-state index is 0.000898. The summed E-state index contributed by atoms with van der Waals surface area (Å²) in [6, 6.07) is 14.1. The number of anilines is 1. The Labute approximate surface area is 206 Å². The third-order valence-corrected chi connectivity index (χ3v) is 8.71. The second-order valence-corrected chi connectivity index (χ2v) is 12.0. The normalized spacial score (nSPS) is 24.9. The van der Waals surface area contributed by atoms with Crippen LogP contribution in [0, 0.1) is 11.8 Å². The van der Waals surface area contributed by atoms with E-state index in [4.69, 9.17) is 0 Å². The number of benzene rings is 2. The maximum Gasteiger partial charge on any atom is 0.416 e. The van der Waals surface area contributed by atoms with E-state index in [0.29, 0.717) is 13.1 Å². The molecule has 0 saturated heterocycles. The number of hydrogen-bond acceptors (Lipinski definition) is 4. The fourth-order valence-corrected chi connectivity index (χ4v) is 6.69. The van der Waals surface area contributed by atoms with Gasteiger partial charge in [-0.2, -0.15) is 13.2 Å². The molecule has 0 bridgehead atoms. The number of fused-ring (bicyclic) bond motifs is 3. The summed E-state index contributed by atoms with van der Waals surface area (Å²) < 4.78 is 68.1. The smallest absolute Gasteiger partial charge is 0.378 e. The van der Waals surface area contributed by atoms with Gasteiger partial charge in [-0.1, -0.05) is 30.3 Å². The molecule has 1 saturated carbocycles. The van der Waals surface area contributed by atoms with Crippen LogP contribution in [0.4, 0.5) is 18.9 Å². The summed E-state index contributed by atoms with van der Waals surface area (Å²) in [6.07, 6.45) is -1.24. The average molecular weight is 510 g/mol. The van der Waals surface area contributed by atoms with Gasteiger partial charge in [-0.15, -0.1) is 0 Å². The lowest BCUT2D eigenvalue weighted by Crippen LogP contribution is -2.34. The summed E-state index contributed by atoms with van der Waals surface area (Å²) >= 11 is 0. The number of halogens is 3. The largest absolute Gasteiger partial charge is 0.416 e. The Balaban J connectivity index is 1.57. The lowest BCUT2D eigenvalue weighted by Gasteiger charge is -2.41. The first-order chi connectivity index (χ1) is 16.5. The summed E-state index contributed by atoms with van der Waals surface area (Å²) in [6.45, 7) is 0.820. The third-order valence-electron chi connectivity index (χ3n) is 7.39. The molecule has 0 amide bonds. The molecular weight excluding hydrogens is 475 g/mol. The Morgan fingerprint density at radius 1 is 1.03 bits per heavy atom. The Bertz CT molecular complexity index is 1110. The van der Waals surface area contributed by atoms with Crippen LogP contribution in [0.3, 0.4) is 0 Å². The van der Waals surface area contributed by atoms with Crippen LogP contribution < -0.4 is 10.0 Å². The minimum Gasteiger partial charge on any atom is -0.378 e. The van der Waals surface area contributed by atoms with Gasteiger partial charge in [0.15, 0.2) is 0 Å². The molecule has 2 aliphatic rings. The molecule has 1 heterocycles. The first-order valence-corrected chi connectivity index (χ1v) is 13.8. The van der Waals surface area contributed by atoms with Crippen molar-refractivity contribution >= 4 is 15.7 Å². The van der Waals surface area contributed by atoms with Crippen molar-refractivity contribution < 1.29 is 21.6 Å². The van der Waals surface area contributed by atoms with Crippen LogP contribution >= 0.6 is 0 Å². The maximum absolute atomic E-state index is 13.5. The van der Waals surface area contributed by atoms with Gasteiger partial charge in [-0.05, 0) is 86.9 Å². The van der Waals surface area contributed by atoms with Crippen molar-refractivity contribution in [2.75, 3.05) is 38.3 Å². The van der Waals surface area contributed by atoms with E-state index in [1.165, 1.54) is 6.07 Å². The quantitative estimate of drug-likeness (QED) is 0.536. The predicted octanol–water partition coefficient (Wildman–Crippen LogP) is 5.24. The highest BCUT2D eigenvalue weighted by Crippen LogP contribution is 2.52. The molecule has 0 radical (unpaired) electrons. The molecule has 1 aliphatic heterocycles. The maximum atomic E-state index is 13.5. The standard InChI is InChI=1S/C26H34F3N3O2S/c1-32(2)14-15-35(33,34)30-17-18-8-11-21-22(12-9-18)25(19-6-4-3-5-7-19)31-24-13-10-20(16-23(21)24)26(27,28)29/h3-7,10,13,16,18,21-22,25,30-31H,8-9,11-12,14-15,17H2,1-2H3/t18-,21+,22-,25+/m1/s1. The van der Waals surface area contributed by atoms with Gasteiger partial charge < -0.3 is 10.2 Å². The Hall–Kier alpha value is -2.10. The molecule has 2 aromatic rings. The van der Waals surface area contributed by atoms with Gasteiger partial charge in [0.1, 0.15) is 0 Å². The first kappa shape index (κ1) is 26.0. The second-order valence-electron chi connectivity index (χ2n) is 10.1. The minimum atomic E-state index is -4.39. The first-order valence-electron chi connectivity index (χ1n) is 12.2. The summed E-state index contributed by atoms with van der Waals surface area (Å²) in [7, 11) is 0.303. The SMILES string of the molecule is CN(C)CCS(=O)(=O)NC[C@H]1CC[C@@H]2[C@H](CC1)c1cc(C(F)(F)F)ccc1N[C@H]2c1ccccc1. The molecular formula is C26H34F3N3O2S. The van der Waals surface area contributed by atoms with Gasteiger partial charge in [0.05, 0.1) is 17.4 Å². The van der Waals surface area contributed by atoms with Crippen molar-refractivity contribution in [2.24, 2.45) is 11.8 Å². The van der Waals surface area contributed by atoms with Crippen molar-refractivity contribution in [3.8, 4) is 0 Å². The molecule has 9 heteroatoms. The molecule has 4 atom stereocenters. The summed E-state index contributed by atoms with van der Waals surface area (Å²) in [5.41, 5.74) is 1.99. The van der Waals surface area contributed by atoms with Crippen molar-refractivity contribution in [3.05, 3.63) is 65.2 Å². The van der Waals surface area contributed by atoms with Crippen LogP contribution in [0.2, 0.25) is 0 Å². The van der Waals surface area contributed by atoms with Crippen molar-refractivity contribution in [3.63, 3.8) is 0 Å². The predicted molar refractivity (Wildman–Crippen MR) is 133 cm³/mol. The number of sulfonamides is 1. The van der Waals surface area contributed by atoms with Crippen molar-refractivity contribution in [1.82, 2.24) is 9.62 Å². The fraction of sp³-hybridized carbons (Fsp3) is 0.538. The lowest BCUT2D eigenvalue weighted by atomic mass is 9.72. The van der Waals surface area contributed by atoms with Crippen LogP contribution in [0.25, 0.3) is 0 Å². The zero-order valence-corrected chi connectivity index (χ0v) is 21.0. The van der Waals surface area contributed by atoms with Crippen LogP contribution in [-0.4, -0.2) is 46.3 Å². The van der Waals surface area contributed by atoms with E-state index in [0.717, 1.165) is 48.6 Å². The van der Waals surface area contributed by atoms with E-state index in [1.807, 2.05) is 37.2 Å². The molecule has 0 spiro atoms. The molecule has 1 aliphatic carbocycles. The van der Waals surface area contributed by atoms with E-state index >= 15 is 0 Å². The molecule has 0 unspecified atom stereocenters. The van der Waals surface area contributed by atoms with Gasteiger partial charge >= 0.3 is 6.18 Å². The van der Waals surface area contributed by atoms with Gasteiger partial charge in [-0.25, -0.2) is 13.1 Å². The lowest BCUT2D eigenvalue weighted by molar-refractivity contribution is -0.137. The summed E-state index contributed by atoms with van der Waals surface area (Å²) in [4.78, 5) is 1.83. The Morgan fingerprint density at radius 2 is 1.74 bits per heavy atom. The molecule has 2 aromatic carbocycles. The van der Waals surface area contributed by atoms with E-state index < -0.39 is 21.8 Å². The monoisotopic (exact) mass is 509 g/mol. The number of hydrogen-bond donors (Lipinski definition) is 2. The van der Waals surface area contributed by atoms with Gasteiger partial charge in [0.25, 0.3) is 0 Å². The summed E-state index contributed by atoms with van der Waals surface area (Å²) in [5.74, 6) is 0.309. The highest BCUT2D eigenvalue weighted by molar-refractivity contribution is 7.89. The average Bonchev–Trinajstić information content (AvgIpc) is 3.04. The van der Waals surface area contributed by atoms with Crippen molar-refractivity contribution in [1.29, 1.82) is 0 Å². The van der Waals surface area contributed by atoms with Crippen LogP contribution in [0.1, 0.15) is 54.3 Å². The summed E-state index contributed by atoms with van der Waals surface area (Å²) in [5, 5.41) is 3.53. The zero-order chi connectivity index (χ0) is 25.2. The molecule has 192 valence electrons. The third kappa shape index (κ3) is 6.37. The highest BCUT2D eigenvalue weighted by Gasteiger charge is 2.41. The Morgan fingerprint density at radius 3 is 2.43 bits per heavy atom. The van der Waals surface area contributed by atoms with E-state index in [2.05, 4.69) is 22.2 Å². The van der Waals surface area contributed by atoms with Crippen LogP contribution in [0.15, 0.2) is 48.5 Å². The molecule has 35 heavy (non-hydrogen) atoms. The van der Waals surface area contributed by atoms with Crippen LogP contribution in [-0.2, 0) is 16.2 Å². The molecule has 0 aromatic heterocycles. The Kier molecular flexibility index (Phi) is 7.78. The highest BCUT2D eigenvalue weighted by atomic mass is 32.2. The van der Waals surface area contributed by atoms with Gasteiger partial charge in [-0.3, -0.25) is 0 Å². The zero-order valence-electron chi connectivity index (χ0n) is 20.2. The number of nitrogens with zero attached hydrogens (tertiary/aromatic N) is 1. The van der Waals surface area contributed by atoms with Crippen molar-refractivity contribution in [2.45, 2.75) is 43.8 Å². The number of alkyl halides is 3. The van der Waals surface area contributed by atoms with E-state index in [-0.39, 0.29) is 29.5 Å². The van der Waals surface area contributed by atoms with Gasteiger partial charge in [0, 0.05) is 18.8 Å². The molecule has 5 nitrogen and oxygen atoms in total. The molecule has 2 N–H and O–H groups in total. The molecule has 1 fully saturated rings. The van der Waals surface area contributed by atoms with Crippen LogP contribution in [0.5, 0.6) is 0 Å². The number of rotatable bonds is 7. The fourth-order valence-electron chi connectivity index (χ4n) is 5.45. The second kappa shape index (κ2) is 10.5. The van der Waals surface area contributed by atoms with E-state index in [1.54, 1.807) is 6.07 Å². The van der Waals surface area contributed by atoms with E-state index in [9.17, 15) is 21.6 Å². The topological polar surface area (TPSA) is 61.4 Å². The van der Waals surface area contributed by atoms with Gasteiger partial charge in [0.2, 0.25) is 10.0 Å². The molecule has 4 rings (SSSR count). The number of nitrogens with one attached hydrogen (secondary N) is 2.